The largest absolute Gasteiger partial charge is 0.456 e. The first-order valence-corrected chi connectivity index (χ1v) is 7.09. The molecule has 1 N–H and O–H groups in total. The Morgan fingerprint density at radius 1 is 1.32 bits per heavy atom. The molecule has 1 aromatic heterocycles. The van der Waals surface area contributed by atoms with Crippen molar-refractivity contribution in [3.05, 3.63) is 41.7 Å². The molecule has 0 aliphatic carbocycles. The van der Waals surface area contributed by atoms with Crippen LogP contribution >= 0.6 is 0 Å². The molecule has 2 nitrogen and oxygen atoms in total. The SMILES string of the molecule is CCCNCC/C=C(/C)c1cc2cccc(C)c2o1. The van der Waals surface area contributed by atoms with E-state index in [9.17, 15) is 0 Å². The smallest absolute Gasteiger partial charge is 0.137 e. The van der Waals surface area contributed by atoms with Crippen LogP contribution in [0.25, 0.3) is 16.5 Å². The highest BCUT2D eigenvalue weighted by molar-refractivity contribution is 5.84. The van der Waals surface area contributed by atoms with E-state index in [4.69, 9.17) is 4.42 Å². The van der Waals surface area contributed by atoms with Crippen LogP contribution in [0.15, 0.2) is 34.8 Å². The summed E-state index contributed by atoms with van der Waals surface area (Å²) in [7, 11) is 0. The molecule has 0 spiro atoms. The maximum Gasteiger partial charge on any atom is 0.137 e. The number of benzene rings is 1. The summed E-state index contributed by atoms with van der Waals surface area (Å²) >= 11 is 0. The Labute approximate surface area is 115 Å². The van der Waals surface area contributed by atoms with E-state index in [1.807, 2.05) is 0 Å². The topological polar surface area (TPSA) is 25.2 Å². The average molecular weight is 257 g/mol. The molecule has 0 fully saturated rings. The predicted octanol–water partition coefficient (Wildman–Crippen LogP) is 4.53. The summed E-state index contributed by atoms with van der Waals surface area (Å²) in [5.74, 6) is 0.986. The van der Waals surface area contributed by atoms with E-state index < -0.39 is 0 Å². The first kappa shape index (κ1) is 13.9. The van der Waals surface area contributed by atoms with Crippen molar-refractivity contribution in [3.8, 4) is 0 Å². The fraction of sp³-hybridized carbons (Fsp3) is 0.412. The Kier molecular flexibility index (Phi) is 4.80. The number of rotatable bonds is 6. The van der Waals surface area contributed by atoms with Gasteiger partial charge in [0.05, 0.1) is 0 Å². The summed E-state index contributed by atoms with van der Waals surface area (Å²) < 4.78 is 5.95. The Balaban J connectivity index is 2.06. The van der Waals surface area contributed by atoms with Gasteiger partial charge in [-0.05, 0) is 57.0 Å². The van der Waals surface area contributed by atoms with Crippen molar-refractivity contribution in [2.75, 3.05) is 13.1 Å². The number of hydrogen-bond acceptors (Lipinski definition) is 2. The number of nitrogens with one attached hydrogen (secondary N) is 1. The first-order valence-electron chi connectivity index (χ1n) is 7.09. The zero-order valence-electron chi connectivity index (χ0n) is 12.1. The second-order valence-corrected chi connectivity index (χ2v) is 5.03. The third-order valence-corrected chi connectivity index (χ3v) is 3.33. The lowest BCUT2D eigenvalue weighted by atomic mass is 10.1. The summed E-state index contributed by atoms with van der Waals surface area (Å²) in [4.78, 5) is 0. The highest BCUT2D eigenvalue weighted by Gasteiger charge is 2.06. The van der Waals surface area contributed by atoms with Gasteiger partial charge in [0.1, 0.15) is 11.3 Å². The third-order valence-electron chi connectivity index (χ3n) is 3.33. The second-order valence-electron chi connectivity index (χ2n) is 5.03. The maximum absolute atomic E-state index is 5.95. The first-order chi connectivity index (χ1) is 9.22. The van der Waals surface area contributed by atoms with E-state index in [0.29, 0.717) is 0 Å². The van der Waals surface area contributed by atoms with E-state index in [0.717, 1.165) is 30.9 Å². The fourth-order valence-corrected chi connectivity index (χ4v) is 2.20. The van der Waals surface area contributed by atoms with Crippen LogP contribution in [0, 0.1) is 6.92 Å². The Hall–Kier alpha value is -1.54. The molecule has 2 rings (SSSR count). The van der Waals surface area contributed by atoms with E-state index >= 15 is 0 Å². The van der Waals surface area contributed by atoms with Crippen LogP contribution in [-0.4, -0.2) is 13.1 Å². The lowest BCUT2D eigenvalue weighted by Gasteiger charge is -2.00. The van der Waals surface area contributed by atoms with Crippen molar-refractivity contribution in [3.63, 3.8) is 0 Å². The van der Waals surface area contributed by atoms with Crippen LogP contribution in [0.4, 0.5) is 0 Å². The van der Waals surface area contributed by atoms with Crippen molar-refractivity contribution in [2.24, 2.45) is 0 Å². The van der Waals surface area contributed by atoms with Crippen molar-refractivity contribution >= 4 is 16.5 Å². The van der Waals surface area contributed by atoms with E-state index in [1.54, 1.807) is 0 Å². The molecule has 0 bridgehead atoms. The summed E-state index contributed by atoms with van der Waals surface area (Å²) in [6.45, 7) is 8.52. The third kappa shape index (κ3) is 3.48. The minimum absolute atomic E-state index is 0.986. The molecule has 0 saturated heterocycles. The summed E-state index contributed by atoms with van der Waals surface area (Å²) in [5.41, 5.74) is 3.42. The van der Waals surface area contributed by atoms with Crippen molar-refractivity contribution in [1.29, 1.82) is 0 Å². The highest BCUT2D eigenvalue weighted by atomic mass is 16.3. The highest BCUT2D eigenvalue weighted by Crippen LogP contribution is 2.26. The molecule has 0 atom stereocenters. The van der Waals surface area contributed by atoms with Gasteiger partial charge < -0.3 is 9.73 Å². The van der Waals surface area contributed by atoms with Gasteiger partial charge in [-0.25, -0.2) is 0 Å². The summed E-state index contributed by atoms with van der Waals surface area (Å²) in [5, 5.41) is 4.59. The maximum atomic E-state index is 5.95. The summed E-state index contributed by atoms with van der Waals surface area (Å²) in [6, 6.07) is 8.40. The van der Waals surface area contributed by atoms with Crippen LogP contribution < -0.4 is 5.32 Å². The molecule has 1 aromatic carbocycles. The average Bonchev–Trinajstić information content (AvgIpc) is 2.84. The molecule has 1 heterocycles. The molecule has 19 heavy (non-hydrogen) atoms. The van der Waals surface area contributed by atoms with Crippen LogP contribution in [0.3, 0.4) is 0 Å². The van der Waals surface area contributed by atoms with Crippen molar-refractivity contribution < 1.29 is 4.42 Å². The van der Waals surface area contributed by atoms with E-state index in [-0.39, 0.29) is 0 Å². The number of allylic oxidation sites excluding steroid dienone is 1. The van der Waals surface area contributed by atoms with E-state index in [1.165, 1.54) is 22.9 Å². The molecular formula is C17H23NO. The lowest BCUT2D eigenvalue weighted by Crippen LogP contribution is -2.15. The molecule has 0 aliphatic heterocycles. The molecule has 0 radical (unpaired) electrons. The summed E-state index contributed by atoms with van der Waals surface area (Å²) in [6.07, 6.45) is 4.48. The zero-order chi connectivity index (χ0) is 13.7. The molecule has 0 aliphatic rings. The minimum Gasteiger partial charge on any atom is -0.456 e. The van der Waals surface area contributed by atoms with Gasteiger partial charge in [-0.1, -0.05) is 31.2 Å². The normalized spacial score (nSPS) is 12.3. The van der Waals surface area contributed by atoms with Gasteiger partial charge in [0.25, 0.3) is 0 Å². The Bertz CT molecular complexity index is 566. The van der Waals surface area contributed by atoms with Crippen molar-refractivity contribution in [2.45, 2.75) is 33.6 Å². The molecule has 2 heteroatoms. The van der Waals surface area contributed by atoms with Gasteiger partial charge >= 0.3 is 0 Å². The van der Waals surface area contributed by atoms with Crippen molar-refractivity contribution in [1.82, 2.24) is 5.32 Å². The number of furan rings is 1. The van der Waals surface area contributed by atoms with Gasteiger partial charge in [-0.15, -0.1) is 0 Å². The Morgan fingerprint density at radius 3 is 2.89 bits per heavy atom. The van der Waals surface area contributed by atoms with Gasteiger partial charge in [0.15, 0.2) is 0 Å². The van der Waals surface area contributed by atoms with Gasteiger partial charge in [0, 0.05) is 5.39 Å². The number of hydrogen-bond donors (Lipinski definition) is 1. The van der Waals surface area contributed by atoms with Gasteiger partial charge in [0.2, 0.25) is 0 Å². The standard InChI is InChI=1S/C17H23NO/c1-4-10-18-11-6-8-13(2)16-12-15-9-5-7-14(3)17(15)19-16/h5,7-9,12,18H,4,6,10-11H2,1-3H3/b13-8-. The molecule has 102 valence electrons. The molecule has 0 amide bonds. The van der Waals surface area contributed by atoms with Crippen LogP contribution in [0.1, 0.15) is 38.0 Å². The monoisotopic (exact) mass is 257 g/mol. The number of fused-ring (bicyclic) bond motifs is 1. The quantitative estimate of drug-likeness (QED) is 0.769. The molecular weight excluding hydrogens is 234 g/mol. The molecule has 2 aromatic rings. The van der Waals surface area contributed by atoms with Crippen LogP contribution in [0.5, 0.6) is 0 Å². The van der Waals surface area contributed by atoms with Crippen LogP contribution in [0.2, 0.25) is 0 Å². The second kappa shape index (κ2) is 6.58. The van der Waals surface area contributed by atoms with Gasteiger partial charge in [-0.3, -0.25) is 0 Å². The predicted molar refractivity (Wildman–Crippen MR) is 82.4 cm³/mol. The number of para-hydroxylation sites is 1. The van der Waals surface area contributed by atoms with Gasteiger partial charge in [-0.2, -0.15) is 0 Å². The number of aryl methyl sites for hydroxylation is 1. The lowest BCUT2D eigenvalue weighted by molar-refractivity contribution is 0.596. The Morgan fingerprint density at radius 2 is 2.16 bits per heavy atom. The molecule has 0 unspecified atom stereocenters. The van der Waals surface area contributed by atoms with E-state index in [2.05, 4.69) is 56.4 Å². The zero-order valence-corrected chi connectivity index (χ0v) is 12.1. The minimum atomic E-state index is 0.986. The molecule has 0 saturated carbocycles. The fourth-order valence-electron chi connectivity index (χ4n) is 2.20. The van der Waals surface area contributed by atoms with Crippen LogP contribution in [-0.2, 0) is 0 Å².